The SMILES string of the molecule is C=CCBr.C=CCI. The van der Waals surface area contributed by atoms with Gasteiger partial charge in [0.1, 0.15) is 0 Å². The minimum absolute atomic E-state index is 0.896. The molecule has 0 saturated carbocycles. The molecular formula is C6H10BrI. The molecule has 0 radical (unpaired) electrons. The summed E-state index contributed by atoms with van der Waals surface area (Å²) < 4.78 is 1.05. The van der Waals surface area contributed by atoms with Crippen LogP contribution in [0.4, 0.5) is 0 Å². The molecule has 0 aromatic rings. The molecule has 0 aliphatic rings. The van der Waals surface area contributed by atoms with Gasteiger partial charge in [-0.3, -0.25) is 0 Å². The Bertz CT molecular complexity index is 44.5. The maximum absolute atomic E-state index is 3.47. The molecule has 0 amide bonds. The van der Waals surface area contributed by atoms with Crippen molar-refractivity contribution in [2.24, 2.45) is 0 Å². The van der Waals surface area contributed by atoms with Crippen molar-refractivity contribution in [2.75, 3.05) is 9.76 Å². The molecule has 0 nitrogen and oxygen atoms in total. The Kier molecular flexibility index (Phi) is 22.5. The van der Waals surface area contributed by atoms with Gasteiger partial charge in [0.05, 0.1) is 0 Å². The summed E-state index contributed by atoms with van der Waals surface area (Å²) in [6.45, 7) is 6.90. The highest BCUT2D eigenvalue weighted by Gasteiger charge is 1.48. The quantitative estimate of drug-likeness (QED) is 0.416. The van der Waals surface area contributed by atoms with Crippen LogP contribution in [0.5, 0.6) is 0 Å². The van der Waals surface area contributed by atoms with E-state index in [0.29, 0.717) is 0 Å². The average molecular weight is 289 g/mol. The van der Waals surface area contributed by atoms with Gasteiger partial charge >= 0.3 is 0 Å². The topological polar surface area (TPSA) is 0 Å². The molecule has 0 bridgehead atoms. The molecule has 8 heavy (non-hydrogen) atoms. The molecule has 0 rings (SSSR count). The van der Waals surface area contributed by atoms with Gasteiger partial charge in [-0.15, -0.1) is 13.2 Å². The summed E-state index contributed by atoms with van der Waals surface area (Å²) in [5.74, 6) is 0. The van der Waals surface area contributed by atoms with Crippen LogP contribution < -0.4 is 0 Å². The lowest BCUT2D eigenvalue weighted by Crippen LogP contribution is -1.43. The fourth-order valence-corrected chi connectivity index (χ4v) is 0. The van der Waals surface area contributed by atoms with Gasteiger partial charge in [-0.1, -0.05) is 50.7 Å². The van der Waals surface area contributed by atoms with E-state index in [1.165, 1.54) is 0 Å². The van der Waals surface area contributed by atoms with Crippen molar-refractivity contribution in [3.63, 3.8) is 0 Å². The monoisotopic (exact) mass is 288 g/mol. The zero-order chi connectivity index (χ0) is 6.83. The third-order valence-corrected chi connectivity index (χ3v) is 1.30. The van der Waals surface area contributed by atoms with Crippen molar-refractivity contribution in [3.8, 4) is 0 Å². The highest BCUT2D eigenvalue weighted by atomic mass is 127. The first kappa shape index (κ1) is 11.5. The molecule has 0 aliphatic heterocycles. The van der Waals surface area contributed by atoms with Gasteiger partial charge in [-0.2, -0.15) is 0 Å². The Hall–Kier alpha value is 0.690. The van der Waals surface area contributed by atoms with Crippen LogP contribution in [0, 0.1) is 0 Å². The van der Waals surface area contributed by atoms with Crippen LogP contribution in [0.25, 0.3) is 0 Å². The number of alkyl halides is 2. The third-order valence-electron chi connectivity index (χ3n) is 0.218. The van der Waals surface area contributed by atoms with Crippen LogP contribution in [-0.2, 0) is 0 Å². The Morgan fingerprint density at radius 1 is 1.38 bits per heavy atom. The molecular weight excluding hydrogens is 279 g/mol. The van der Waals surface area contributed by atoms with E-state index in [1.807, 2.05) is 6.08 Å². The van der Waals surface area contributed by atoms with Crippen LogP contribution in [0.2, 0.25) is 0 Å². The van der Waals surface area contributed by atoms with Gasteiger partial charge in [-0.25, -0.2) is 0 Å². The molecule has 0 spiro atoms. The number of rotatable bonds is 2. The normalized spacial score (nSPS) is 6.25. The lowest BCUT2D eigenvalue weighted by Gasteiger charge is -1.55. The molecule has 0 aromatic carbocycles. The Balaban J connectivity index is 0. The molecule has 0 saturated heterocycles. The van der Waals surface area contributed by atoms with Gasteiger partial charge in [0.25, 0.3) is 0 Å². The van der Waals surface area contributed by atoms with Crippen molar-refractivity contribution < 1.29 is 0 Å². The molecule has 0 aliphatic carbocycles. The summed E-state index contributed by atoms with van der Waals surface area (Å²) in [5.41, 5.74) is 0. The fourth-order valence-electron chi connectivity index (χ4n) is 0. The number of halogens is 2. The maximum atomic E-state index is 3.47. The number of allylic oxidation sites excluding steroid dienone is 2. The Morgan fingerprint density at radius 3 is 1.62 bits per heavy atom. The van der Waals surface area contributed by atoms with E-state index in [2.05, 4.69) is 51.7 Å². The minimum Gasteiger partial charge on any atom is -0.102 e. The molecule has 48 valence electrons. The van der Waals surface area contributed by atoms with Crippen molar-refractivity contribution in [1.29, 1.82) is 0 Å². The van der Waals surface area contributed by atoms with E-state index in [1.54, 1.807) is 6.08 Å². The van der Waals surface area contributed by atoms with Crippen LogP contribution >= 0.6 is 38.5 Å². The molecule has 2 heteroatoms. The van der Waals surface area contributed by atoms with Gasteiger partial charge in [0.15, 0.2) is 0 Å². The van der Waals surface area contributed by atoms with Crippen LogP contribution in [0.3, 0.4) is 0 Å². The van der Waals surface area contributed by atoms with E-state index >= 15 is 0 Å². The van der Waals surface area contributed by atoms with Crippen LogP contribution in [0.15, 0.2) is 25.3 Å². The summed E-state index contributed by atoms with van der Waals surface area (Å²) in [4.78, 5) is 0. The summed E-state index contributed by atoms with van der Waals surface area (Å²) in [6.07, 6.45) is 3.65. The second kappa shape index (κ2) is 15.6. The lowest BCUT2D eigenvalue weighted by atomic mass is 10.8. The highest BCUT2D eigenvalue weighted by molar-refractivity contribution is 14.1. The molecule has 0 fully saturated rings. The second-order valence-electron chi connectivity index (χ2n) is 0.886. The van der Waals surface area contributed by atoms with Gasteiger partial charge in [0, 0.05) is 9.76 Å². The molecule has 0 unspecified atom stereocenters. The number of hydrogen-bond donors (Lipinski definition) is 0. The van der Waals surface area contributed by atoms with Crippen LogP contribution in [-0.4, -0.2) is 9.76 Å². The highest BCUT2D eigenvalue weighted by Crippen LogP contribution is 1.75. The van der Waals surface area contributed by atoms with E-state index < -0.39 is 0 Å². The summed E-state index contributed by atoms with van der Waals surface area (Å²) in [6, 6.07) is 0. The average Bonchev–Trinajstić information content (AvgIpc) is 1.88. The fraction of sp³-hybridized carbons (Fsp3) is 0.333. The van der Waals surface area contributed by atoms with Crippen molar-refractivity contribution in [1.82, 2.24) is 0 Å². The van der Waals surface area contributed by atoms with E-state index in [-0.39, 0.29) is 0 Å². The maximum Gasteiger partial charge on any atom is 0.0209 e. The molecule has 0 heterocycles. The summed E-state index contributed by atoms with van der Waals surface area (Å²) in [5, 5.41) is 0.896. The van der Waals surface area contributed by atoms with E-state index in [4.69, 9.17) is 0 Å². The first-order chi connectivity index (χ1) is 3.83. The Morgan fingerprint density at radius 2 is 1.62 bits per heavy atom. The van der Waals surface area contributed by atoms with Crippen molar-refractivity contribution in [2.45, 2.75) is 0 Å². The van der Waals surface area contributed by atoms with E-state index in [9.17, 15) is 0 Å². The predicted octanol–water partition coefficient (Wildman–Crippen LogP) is 3.17. The van der Waals surface area contributed by atoms with Crippen molar-refractivity contribution in [3.05, 3.63) is 25.3 Å². The standard InChI is InChI=1S/C3H5Br.C3H5I/c2*1-2-3-4/h2*2H,1,3H2. The zero-order valence-corrected chi connectivity index (χ0v) is 8.48. The zero-order valence-electron chi connectivity index (χ0n) is 4.74. The molecule has 0 aromatic heterocycles. The first-order valence-electron chi connectivity index (χ1n) is 2.17. The van der Waals surface area contributed by atoms with Gasteiger partial charge in [-0.05, 0) is 0 Å². The molecule has 0 N–H and O–H groups in total. The Labute approximate surface area is 73.3 Å². The minimum atomic E-state index is 0.896. The van der Waals surface area contributed by atoms with Crippen LogP contribution in [0.1, 0.15) is 0 Å². The third kappa shape index (κ3) is 29.9. The van der Waals surface area contributed by atoms with Crippen molar-refractivity contribution >= 4 is 38.5 Å². The largest absolute Gasteiger partial charge is 0.102 e. The van der Waals surface area contributed by atoms with Gasteiger partial charge < -0.3 is 0 Å². The predicted molar refractivity (Wildman–Crippen MR) is 53.1 cm³/mol. The smallest absolute Gasteiger partial charge is 0.0209 e. The molecule has 0 atom stereocenters. The first-order valence-corrected chi connectivity index (χ1v) is 4.81. The second-order valence-corrected chi connectivity index (χ2v) is 2.41. The van der Waals surface area contributed by atoms with E-state index in [0.717, 1.165) is 9.76 Å². The lowest BCUT2D eigenvalue weighted by molar-refractivity contribution is 1.87. The summed E-state index contributed by atoms with van der Waals surface area (Å²) in [7, 11) is 0. The summed E-state index contributed by atoms with van der Waals surface area (Å²) >= 11 is 5.36. The number of hydrogen-bond acceptors (Lipinski definition) is 0. The van der Waals surface area contributed by atoms with Gasteiger partial charge in [0.2, 0.25) is 0 Å².